The Morgan fingerprint density at radius 3 is 2.53 bits per heavy atom. The molecule has 1 aromatic carbocycles. The van der Waals surface area contributed by atoms with Crippen LogP contribution < -0.4 is 15.4 Å². The Hall–Kier alpha value is -2.24. The normalized spacial score (nSPS) is 10.2. The molecule has 0 aliphatic carbocycles. The number of nitrogens with zero attached hydrogens (tertiary/aromatic N) is 3. The van der Waals surface area contributed by atoms with Gasteiger partial charge in [-0.05, 0) is 17.7 Å². The van der Waals surface area contributed by atoms with E-state index in [1.54, 1.807) is 7.11 Å². The van der Waals surface area contributed by atoms with E-state index in [9.17, 15) is 0 Å². The van der Waals surface area contributed by atoms with Crippen molar-refractivity contribution >= 4 is 12.0 Å². The molecule has 1 heterocycles. The van der Waals surface area contributed by atoms with Crippen molar-refractivity contribution < 1.29 is 9.15 Å². The maximum atomic E-state index is 5.36. The first-order chi connectivity index (χ1) is 8.19. The highest BCUT2D eigenvalue weighted by Crippen LogP contribution is 2.16. The Morgan fingerprint density at radius 2 is 2.00 bits per heavy atom. The zero-order chi connectivity index (χ0) is 12.3. The molecule has 1 aromatic heterocycles. The van der Waals surface area contributed by atoms with Crippen molar-refractivity contribution in [3.8, 4) is 5.75 Å². The predicted molar refractivity (Wildman–Crippen MR) is 63.8 cm³/mol. The zero-order valence-corrected chi connectivity index (χ0v) is 9.75. The minimum absolute atomic E-state index is 0.0709. The second kappa shape index (κ2) is 4.73. The summed E-state index contributed by atoms with van der Waals surface area (Å²) in [5.41, 5.74) is 6.48. The number of nitrogen functional groups attached to an aromatic ring is 1. The Morgan fingerprint density at radius 1 is 1.29 bits per heavy atom. The van der Waals surface area contributed by atoms with Crippen LogP contribution in [0, 0.1) is 0 Å². The van der Waals surface area contributed by atoms with Gasteiger partial charge in [-0.25, -0.2) is 0 Å². The summed E-state index contributed by atoms with van der Waals surface area (Å²) in [6.07, 6.45) is 0. The molecular formula is C11H14N4O2. The van der Waals surface area contributed by atoms with Gasteiger partial charge in [-0.15, -0.1) is 0 Å². The van der Waals surface area contributed by atoms with Crippen LogP contribution in [0.4, 0.5) is 12.0 Å². The minimum atomic E-state index is 0.0709. The number of methoxy groups -OCH3 is 1. The first-order valence-electron chi connectivity index (χ1n) is 5.12. The molecule has 0 amide bonds. The van der Waals surface area contributed by atoms with Crippen molar-refractivity contribution in [2.45, 2.75) is 6.54 Å². The number of hydrogen-bond acceptors (Lipinski definition) is 6. The van der Waals surface area contributed by atoms with Gasteiger partial charge < -0.3 is 19.8 Å². The monoisotopic (exact) mass is 234 g/mol. The topological polar surface area (TPSA) is 77.4 Å². The van der Waals surface area contributed by atoms with E-state index in [1.807, 2.05) is 36.2 Å². The lowest BCUT2D eigenvalue weighted by molar-refractivity contribution is 0.414. The molecule has 6 heteroatoms. The third-order valence-electron chi connectivity index (χ3n) is 2.34. The lowest BCUT2D eigenvalue weighted by Crippen LogP contribution is -2.16. The first-order valence-corrected chi connectivity index (χ1v) is 5.12. The average Bonchev–Trinajstić information content (AvgIpc) is 2.77. The number of aromatic nitrogens is 2. The molecule has 2 rings (SSSR count). The fourth-order valence-electron chi connectivity index (χ4n) is 1.45. The number of benzene rings is 1. The van der Waals surface area contributed by atoms with Crippen molar-refractivity contribution in [1.82, 2.24) is 10.2 Å². The Labute approximate surface area is 99.0 Å². The standard InChI is InChI=1S/C11H14N4O2/c1-15(11-14-13-10(12)17-11)7-8-3-5-9(16-2)6-4-8/h3-6H,7H2,1-2H3,(H2,12,13). The molecule has 0 spiro atoms. The van der Waals surface area contributed by atoms with E-state index in [4.69, 9.17) is 14.9 Å². The van der Waals surface area contributed by atoms with Crippen LogP contribution in [0.2, 0.25) is 0 Å². The van der Waals surface area contributed by atoms with E-state index in [0.717, 1.165) is 11.3 Å². The molecule has 0 fully saturated rings. The van der Waals surface area contributed by atoms with E-state index < -0.39 is 0 Å². The van der Waals surface area contributed by atoms with Gasteiger partial charge >= 0.3 is 12.0 Å². The summed E-state index contributed by atoms with van der Waals surface area (Å²) in [7, 11) is 3.50. The van der Waals surface area contributed by atoms with Gasteiger partial charge in [0, 0.05) is 13.6 Å². The van der Waals surface area contributed by atoms with Gasteiger partial charge in [-0.2, -0.15) is 0 Å². The molecule has 0 atom stereocenters. The summed E-state index contributed by atoms with van der Waals surface area (Å²) >= 11 is 0. The third-order valence-corrected chi connectivity index (χ3v) is 2.34. The number of hydrogen-bond donors (Lipinski definition) is 1. The predicted octanol–water partition coefficient (Wildman–Crippen LogP) is 1.30. The molecule has 0 saturated heterocycles. The lowest BCUT2D eigenvalue weighted by Gasteiger charge is -2.13. The van der Waals surface area contributed by atoms with Gasteiger partial charge in [-0.3, -0.25) is 0 Å². The zero-order valence-electron chi connectivity index (χ0n) is 9.75. The number of ether oxygens (including phenoxy) is 1. The van der Waals surface area contributed by atoms with Crippen LogP contribution in [0.15, 0.2) is 28.7 Å². The van der Waals surface area contributed by atoms with Crippen LogP contribution in [-0.4, -0.2) is 24.4 Å². The van der Waals surface area contributed by atoms with Gasteiger partial charge in [0.05, 0.1) is 7.11 Å². The summed E-state index contributed by atoms with van der Waals surface area (Å²) in [6, 6.07) is 8.25. The van der Waals surface area contributed by atoms with Gasteiger partial charge in [0.2, 0.25) is 0 Å². The minimum Gasteiger partial charge on any atom is -0.497 e. The molecule has 2 N–H and O–H groups in total. The Kier molecular flexibility index (Phi) is 3.13. The van der Waals surface area contributed by atoms with Crippen LogP contribution in [0.5, 0.6) is 5.75 Å². The van der Waals surface area contributed by atoms with E-state index in [1.165, 1.54) is 0 Å². The van der Waals surface area contributed by atoms with Crippen LogP contribution in [-0.2, 0) is 6.54 Å². The second-order valence-electron chi connectivity index (χ2n) is 3.63. The fraction of sp³-hybridized carbons (Fsp3) is 0.273. The number of rotatable bonds is 4. The fourth-order valence-corrected chi connectivity index (χ4v) is 1.45. The molecule has 0 aliphatic heterocycles. The van der Waals surface area contributed by atoms with Gasteiger partial charge in [-0.1, -0.05) is 22.3 Å². The molecule has 90 valence electrons. The van der Waals surface area contributed by atoms with Gasteiger partial charge in [0.1, 0.15) is 5.75 Å². The molecule has 17 heavy (non-hydrogen) atoms. The average molecular weight is 234 g/mol. The molecule has 0 aliphatic rings. The molecule has 0 saturated carbocycles. The molecule has 2 aromatic rings. The van der Waals surface area contributed by atoms with E-state index in [-0.39, 0.29) is 6.01 Å². The maximum Gasteiger partial charge on any atom is 0.319 e. The summed E-state index contributed by atoms with van der Waals surface area (Å²) < 4.78 is 10.2. The van der Waals surface area contributed by atoms with E-state index in [0.29, 0.717) is 12.6 Å². The summed E-state index contributed by atoms with van der Waals surface area (Å²) in [5.74, 6) is 0.832. The third kappa shape index (κ3) is 2.66. The second-order valence-corrected chi connectivity index (χ2v) is 3.63. The van der Waals surface area contributed by atoms with Crippen molar-refractivity contribution in [2.75, 3.05) is 24.8 Å². The summed E-state index contributed by atoms with van der Waals surface area (Å²) in [4.78, 5) is 1.82. The van der Waals surface area contributed by atoms with Crippen molar-refractivity contribution in [1.29, 1.82) is 0 Å². The lowest BCUT2D eigenvalue weighted by atomic mass is 10.2. The molecule has 6 nitrogen and oxygen atoms in total. The maximum absolute atomic E-state index is 5.36. The SMILES string of the molecule is COc1ccc(CN(C)c2nnc(N)o2)cc1. The summed E-state index contributed by atoms with van der Waals surface area (Å²) in [6.45, 7) is 0.658. The van der Waals surface area contributed by atoms with Crippen LogP contribution in [0.1, 0.15) is 5.56 Å². The Balaban J connectivity index is 2.04. The highest BCUT2D eigenvalue weighted by atomic mass is 16.5. The highest BCUT2D eigenvalue weighted by molar-refractivity contribution is 5.32. The van der Waals surface area contributed by atoms with Crippen LogP contribution in [0.25, 0.3) is 0 Å². The van der Waals surface area contributed by atoms with Crippen LogP contribution >= 0.6 is 0 Å². The molecule has 0 radical (unpaired) electrons. The molecular weight excluding hydrogens is 220 g/mol. The number of nitrogens with two attached hydrogens (primary N) is 1. The van der Waals surface area contributed by atoms with Crippen LogP contribution in [0.3, 0.4) is 0 Å². The molecule has 0 bridgehead atoms. The van der Waals surface area contributed by atoms with Crippen molar-refractivity contribution in [3.05, 3.63) is 29.8 Å². The van der Waals surface area contributed by atoms with Crippen molar-refractivity contribution in [3.63, 3.8) is 0 Å². The highest BCUT2D eigenvalue weighted by Gasteiger charge is 2.09. The van der Waals surface area contributed by atoms with Gasteiger partial charge in [0.25, 0.3) is 0 Å². The first kappa shape index (κ1) is 11.3. The summed E-state index contributed by atoms with van der Waals surface area (Å²) in [5, 5.41) is 7.41. The quantitative estimate of drug-likeness (QED) is 0.859. The van der Waals surface area contributed by atoms with Gasteiger partial charge in [0.15, 0.2) is 0 Å². The van der Waals surface area contributed by atoms with E-state index in [2.05, 4.69) is 10.2 Å². The van der Waals surface area contributed by atoms with E-state index >= 15 is 0 Å². The largest absolute Gasteiger partial charge is 0.497 e. The smallest absolute Gasteiger partial charge is 0.319 e. The Bertz CT molecular complexity index is 480. The molecule has 0 unspecified atom stereocenters. The van der Waals surface area contributed by atoms with Crippen molar-refractivity contribution in [2.24, 2.45) is 0 Å². The number of anilines is 2.